The van der Waals surface area contributed by atoms with Crippen molar-refractivity contribution in [3.05, 3.63) is 28.8 Å². The van der Waals surface area contributed by atoms with Gasteiger partial charge < -0.3 is 9.64 Å². The summed E-state index contributed by atoms with van der Waals surface area (Å²) in [6.45, 7) is 3.41. The van der Waals surface area contributed by atoms with Gasteiger partial charge in [-0.05, 0) is 31.7 Å². The monoisotopic (exact) mass is 346 g/mol. The predicted octanol–water partition coefficient (Wildman–Crippen LogP) is 1.50. The number of morpholine rings is 1. The fraction of sp³-hybridized carbons (Fsp3) is 0.500. The molecule has 1 aliphatic heterocycles. The van der Waals surface area contributed by atoms with Crippen molar-refractivity contribution in [1.82, 2.24) is 9.62 Å². The molecule has 1 aliphatic rings. The summed E-state index contributed by atoms with van der Waals surface area (Å²) in [7, 11) is -2.30. The van der Waals surface area contributed by atoms with E-state index in [9.17, 15) is 13.2 Å². The highest BCUT2D eigenvalue weighted by molar-refractivity contribution is 7.89. The molecule has 1 amide bonds. The molecule has 2 rings (SSSR count). The first-order chi connectivity index (χ1) is 10.4. The number of hydrogen-bond donors (Lipinski definition) is 1. The molecule has 22 heavy (non-hydrogen) atoms. The maximum Gasteiger partial charge on any atom is 0.255 e. The second kappa shape index (κ2) is 6.95. The van der Waals surface area contributed by atoms with Gasteiger partial charge >= 0.3 is 0 Å². The van der Waals surface area contributed by atoms with Gasteiger partial charge in [0.2, 0.25) is 10.0 Å². The van der Waals surface area contributed by atoms with Crippen molar-refractivity contribution in [1.29, 1.82) is 0 Å². The third-order valence-electron chi connectivity index (χ3n) is 3.63. The SMILES string of the molecule is CC[C@@H]1CN(C(=O)c2cc(S(=O)(=O)NC)ccc2Cl)CCO1. The van der Waals surface area contributed by atoms with Crippen LogP contribution < -0.4 is 4.72 Å². The van der Waals surface area contributed by atoms with Crippen LogP contribution in [-0.2, 0) is 14.8 Å². The molecule has 0 unspecified atom stereocenters. The number of benzene rings is 1. The van der Waals surface area contributed by atoms with E-state index in [1.807, 2.05) is 6.92 Å². The number of nitrogens with zero attached hydrogens (tertiary/aromatic N) is 1. The minimum Gasteiger partial charge on any atom is -0.375 e. The number of sulfonamides is 1. The lowest BCUT2D eigenvalue weighted by atomic mass is 10.1. The Morgan fingerprint density at radius 3 is 2.86 bits per heavy atom. The number of carbonyl (C=O) groups excluding carboxylic acids is 1. The number of hydrogen-bond acceptors (Lipinski definition) is 4. The van der Waals surface area contributed by atoms with Gasteiger partial charge in [0, 0.05) is 13.1 Å². The quantitative estimate of drug-likeness (QED) is 0.896. The van der Waals surface area contributed by atoms with E-state index in [1.54, 1.807) is 4.90 Å². The molecule has 1 fully saturated rings. The number of rotatable bonds is 4. The van der Waals surface area contributed by atoms with E-state index in [4.69, 9.17) is 16.3 Å². The van der Waals surface area contributed by atoms with E-state index in [2.05, 4.69) is 4.72 Å². The average molecular weight is 347 g/mol. The Morgan fingerprint density at radius 2 is 2.23 bits per heavy atom. The van der Waals surface area contributed by atoms with E-state index in [0.717, 1.165) is 6.42 Å². The van der Waals surface area contributed by atoms with Crippen molar-refractivity contribution < 1.29 is 17.9 Å². The van der Waals surface area contributed by atoms with Crippen molar-refractivity contribution in [2.24, 2.45) is 0 Å². The zero-order valence-electron chi connectivity index (χ0n) is 12.5. The molecule has 1 aromatic rings. The minimum absolute atomic E-state index is 0.000647. The summed E-state index contributed by atoms with van der Waals surface area (Å²) < 4.78 is 31.5. The van der Waals surface area contributed by atoms with Gasteiger partial charge in [0.15, 0.2) is 0 Å². The van der Waals surface area contributed by atoms with Crippen molar-refractivity contribution in [3.63, 3.8) is 0 Å². The molecule has 1 saturated heterocycles. The van der Waals surface area contributed by atoms with Gasteiger partial charge in [-0.3, -0.25) is 4.79 Å². The fourth-order valence-corrected chi connectivity index (χ4v) is 3.23. The summed E-state index contributed by atoms with van der Waals surface area (Å²) in [5.41, 5.74) is 0.190. The molecule has 0 bridgehead atoms. The highest BCUT2D eigenvalue weighted by Gasteiger charge is 2.26. The lowest BCUT2D eigenvalue weighted by Gasteiger charge is -2.32. The van der Waals surface area contributed by atoms with Crippen LogP contribution in [0.1, 0.15) is 23.7 Å². The number of nitrogens with one attached hydrogen (secondary N) is 1. The van der Waals surface area contributed by atoms with Crippen LogP contribution in [0.3, 0.4) is 0 Å². The molecule has 0 aromatic heterocycles. The Hall–Kier alpha value is -1.15. The fourth-order valence-electron chi connectivity index (χ4n) is 2.27. The first-order valence-electron chi connectivity index (χ1n) is 7.03. The average Bonchev–Trinajstić information content (AvgIpc) is 2.54. The van der Waals surface area contributed by atoms with Crippen LogP contribution in [0.4, 0.5) is 0 Å². The van der Waals surface area contributed by atoms with Crippen molar-refractivity contribution >= 4 is 27.5 Å². The van der Waals surface area contributed by atoms with Gasteiger partial charge in [-0.2, -0.15) is 0 Å². The van der Waals surface area contributed by atoms with Crippen LogP contribution in [0.15, 0.2) is 23.1 Å². The Morgan fingerprint density at radius 1 is 1.50 bits per heavy atom. The van der Waals surface area contributed by atoms with Gasteiger partial charge in [0.25, 0.3) is 5.91 Å². The van der Waals surface area contributed by atoms with Crippen LogP contribution in [0, 0.1) is 0 Å². The van der Waals surface area contributed by atoms with Crippen LogP contribution in [0.2, 0.25) is 5.02 Å². The maximum atomic E-state index is 12.6. The van der Waals surface area contributed by atoms with Gasteiger partial charge in [0.05, 0.1) is 28.2 Å². The first kappa shape index (κ1) is 17.2. The van der Waals surface area contributed by atoms with Gasteiger partial charge in [0.1, 0.15) is 0 Å². The van der Waals surface area contributed by atoms with Crippen LogP contribution >= 0.6 is 11.6 Å². The highest BCUT2D eigenvalue weighted by Crippen LogP contribution is 2.23. The van der Waals surface area contributed by atoms with Gasteiger partial charge in [-0.1, -0.05) is 18.5 Å². The van der Waals surface area contributed by atoms with Crippen molar-refractivity contribution in [2.45, 2.75) is 24.3 Å². The standard InChI is InChI=1S/C14H19ClN2O4S/c1-3-10-9-17(6-7-21-10)14(18)12-8-11(4-5-13(12)15)22(19,20)16-2/h4-5,8,10,16H,3,6-7,9H2,1-2H3/t10-/m1/s1. The summed E-state index contributed by atoms with van der Waals surface area (Å²) in [6.07, 6.45) is 0.812. The Kier molecular flexibility index (Phi) is 5.44. The molecular formula is C14H19ClN2O4S. The van der Waals surface area contributed by atoms with Crippen molar-refractivity contribution in [2.75, 3.05) is 26.7 Å². The Balaban J connectivity index is 2.31. The van der Waals surface area contributed by atoms with Crippen LogP contribution in [-0.4, -0.2) is 52.1 Å². The molecule has 8 heteroatoms. The lowest BCUT2D eigenvalue weighted by molar-refractivity contribution is -0.0226. The lowest BCUT2D eigenvalue weighted by Crippen LogP contribution is -2.45. The first-order valence-corrected chi connectivity index (χ1v) is 8.89. The number of amides is 1. The zero-order valence-corrected chi connectivity index (χ0v) is 14.1. The number of halogens is 1. The Labute approximate surface area is 135 Å². The smallest absolute Gasteiger partial charge is 0.255 e. The Bertz CT molecular complexity index is 663. The number of ether oxygens (including phenoxy) is 1. The molecule has 1 atom stereocenters. The van der Waals surface area contributed by atoms with Crippen LogP contribution in [0.5, 0.6) is 0 Å². The highest BCUT2D eigenvalue weighted by atomic mass is 35.5. The summed E-state index contributed by atoms with van der Waals surface area (Å²) >= 11 is 6.08. The minimum atomic E-state index is -3.62. The molecule has 0 aliphatic carbocycles. The molecular weight excluding hydrogens is 328 g/mol. The molecule has 1 aromatic carbocycles. The van der Waals surface area contributed by atoms with Crippen LogP contribution in [0.25, 0.3) is 0 Å². The van der Waals surface area contributed by atoms with E-state index in [1.165, 1.54) is 25.2 Å². The van der Waals surface area contributed by atoms with E-state index in [-0.39, 0.29) is 27.5 Å². The van der Waals surface area contributed by atoms with Crippen molar-refractivity contribution in [3.8, 4) is 0 Å². The van der Waals surface area contributed by atoms with E-state index >= 15 is 0 Å². The molecule has 0 spiro atoms. The predicted molar refractivity (Wildman–Crippen MR) is 83.6 cm³/mol. The number of carbonyl (C=O) groups is 1. The van der Waals surface area contributed by atoms with E-state index in [0.29, 0.717) is 19.7 Å². The topological polar surface area (TPSA) is 75.7 Å². The van der Waals surface area contributed by atoms with E-state index < -0.39 is 10.0 Å². The van der Waals surface area contributed by atoms with Gasteiger partial charge in [-0.25, -0.2) is 13.1 Å². The molecule has 122 valence electrons. The second-order valence-corrected chi connectivity index (χ2v) is 7.30. The second-order valence-electron chi connectivity index (χ2n) is 5.00. The molecule has 0 saturated carbocycles. The molecule has 1 N–H and O–H groups in total. The summed E-state index contributed by atoms with van der Waals surface area (Å²) in [4.78, 5) is 14.3. The summed E-state index contributed by atoms with van der Waals surface area (Å²) in [6, 6.07) is 4.11. The maximum absolute atomic E-state index is 12.6. The third kappa shape index (κ3) is 3.60. The van der Waals surface area contributed by atoms with Gasteiger partial charge in [-0.15, -0.1) is 0 Å². The summed E-state index contributed by atoms with van der Waals surface area (Å²) in [5.74, 6) is -0.278. The summed E-state index contributed by atoms with van der Waals surface area (Å²) in [5, 5.41) is 0.236. The zero-order chi connectivity index (χ0) is 16.3. The normalized spacial score (nSPS) is 19.2. The molecule has 6 nitrogen and oxygen atoms in total. The molecule has 1 heterocycles. The third-order valence-corrected chi connectivity index (χ3v) is 5.37. The molecule has 0 radical (unpaired) electrons. The largest absolute Gasteiger partial charge is 0.375 e.